The third-order valence-corrected chi connectivity index (χ3v) is 13.6. The Bertz CT molecular complexity index is 3190. The molecule has 10 aromatic rings. The smallest absolute Gasteiger partial charge is 0.0588 e. The molecular formula is C52H35NS. The minimum atomic E-state index is -0.229. The molecule has 0 saturated heterocycles. The Morgan fingerprint density at radius 2 is 1.04 bits per heavy atom. The molecule has 1 aromatic heterocycles. The lowest BCUT2D eigenvalue weighted by atomic mass is 9.80. The normalized spacial score (nSPS) is 14.5. The Labute approximate surface area is 318 Å². The van der Waals surface area contributed by atoms with E-state index in [2.05, 4.69) is 188 Å². The highest BCUT2D eigenvalue weighted by Crippen LogP contribution is 2.55. The minimum Gasteiger partial charge on any atom is -0.309 e. The lowest BCUT2D eigenvalue weighted by Crippen LogP contribution is -2.16. The number of hydrogen-bond acceptors (Lipinski definition) is 1. The Morgan fingerprint density at radius 3 is 1.72 bits per heavy atom. The van der Waals surface area contributed by atoms with Crippen molar-refractivity contribution in [1.29, 1.82) is 0 Å². The number of aromatic nitrogens is 1. The Kier molecular flexibility index (Phi) is 6.18. The van der Waals surface area contributed by atoms with Gasteiger partial charge < -0.3 is 4.57 Å². The molecule has 0 saturated carbocycles. The van der Waals surface area contributed by atoms with Crippen LogP contribution in [0.4, 0.5) is 0 Å². The van der Waals surface area contributed by atoms with E-state index in [0.29, 0.717) is 0 Å². The van der Waals surface area contributed by atoms with Crippen molar-refractivity contribution in [2.75, 3.05) is 0 Å². The molecule has 12 rings (SSSR count). The van der Waals surface area contributed by atoms with Crippen LogP contribution in [0, 0.1) is 0 Å². The molecule has 1 aliphatic carbocycles. The first-order valence-corrected chi connectivity index (χ1v) is 19.8. The van der Waals surface area contributed by atoms with Crippen LogP contribution in [-0.4, -0.2) is 4.57 Å². The van der Waals surface area contributed by atoms with Gasteiger partial charge >= 0.3 is 0 Å². The SMILES string of the molecule is CC1(C)c2cc3c4ccccc4c4ccccc4c3cc2-c2ccc3c4ccccc4n(-c4cccc(C5c6ccccc6Sc6ccccc65)c4)c3c21. The summed E-state index contributed by atoms with van der Waals surface area (Å²) in [5.74, 6) is 0.162. The van der Waals surface area contributed by atoms with Gasteiger partial charge in [-0.1, -0.05) is 153 Å². The van der Waals surface area contributed by atoms with Gasteiger partial charge in [-0.2, -0.15) is 0 Å². The minimum absolute atomic E-state index is 0.162. The van der Waals surface area contributed by atoms with Crippen molar-refractivity contribution < 1.29 is 0 Å². The van der Waals surface area contributed by atoms with Crippen LogP contribution < -0.4 is 0 Å². The average Bonchev–Trinajstić information content (AvgIpc) is 3.67. The predicted molar refractivity (Wildman–Crippen MR) is 229 cm³/mol. The second-order valence-corrected chi connectivity index (χ2v) is 16.7. The lowest BCUT2D eigenvalue weighted by molar-refractivity contribution is 0.665. The van der Waals surface area contributed by atoms with Crippen LogP contribution in [0.1, 0.15) is 47.6 Å². The van der Waals surface area contributed by atoms with Crippen LogP contribution in [0.25, 0.3) is 70.9 Å². The fourth-order valence-corrected chi connectivity index (χ4v) is 11.3. The summed E-state index contributed by atoms with van der Waals surface area (Å²) in [5, 5.41) is 10.5. The number of benzene rings is 9. The fourth-order valence-electron chi connectivity index (χ4n) is 10.1. The highest BCUT2D eigenvalue weighted by atomic mass is 32.2. The zero-order valence-electron chi connectivity index (χ0n) is 30.1. The molecule has 0 N–H and O–H groups in total. The molecule has 0 radical (unpaired) electrons. The first kappa shape index (κ1) is 30.4. The second kappa shape index (κ2) is 11.0. The van der Waals surface area contributed by atoms with Crippen molar-refractivity contribution in [2.45, 2.75) is 35.0 Å². The molecule has 2 aliphatic rings. The number of nitrogens with zero attached hydrogens (tertiary/aromatic N) is 1. The summed E-state index contributed by atoms with van der Waals surface area (Å²) in [6.45, 7) is 4.89. The molecule has 0 unspecified atom stereocenters. The predicted octanol–water partition coefficient (Wildman–Crippen LogP) is 14.2. The molecule has 254 valence electrons. The van der Waals surface area contributed by atoms with Crippen LogP contribution in [0.15, 0.2) is 180 Å². The van der Waals surface area contributed by atoms with Crippen LogP contribution in [-0.2, 0) is 5.41 Å². The van der Waals surface area contributed by atoms with Crippen molar-refractivity contribution in [2.24, 2.45) is 0 Å². The first-order valence-electron chi connectivity index (χ1n) is 19.0. The van der Waals surface area contributed by atoms with Crippen molar-refractivity contribution >= 4 is 65.9 Å². The van der Waals surface area contributed by atoms with E-state index in [1.807, 2.05) is 11.8 Å². The van der Waals surface area contributed by atoms with Gasteiger partial charge in [0.25, 0.3) is 0 Å². The quantitative estimate of drug-likeness (QED) is 0.162. The summed E-state index contributed by atoms with van der Waals surface area (Å²) in [5.41, 5.74) is 13.1. The number of rotatable bonds is 2. The van der Waals surface area contributed by atoms with Gasteiger partial charge in [0.2, 0.25) is 0 Å². The molecule has 1 nitrogen and oxygen atoms in total. The van der Waals surface area contributed by atoms with Gasteiger partial charge in [-0.25, -0.2) is 0 Å². The van der Waals surface area contributed by atoms with Gasteiger partial charge in [-0.15, -0.1) is 0 Å². The Hall–Kier alpha value is -6.09. The van der Waals surface area contributed by atoms with Crippen molar-refractivity contribution in [3.05, 3.63) is 198 Å². The van der Waals surface area contributed by atoms with E-state index in [0.717, 1.165) is 0 Å². The van der Waals surface area contributed by atoms with E-state index in [-0.39, 0.29) is 11.3 Å². The molecular weight excluding hydrogens is 671 g/mol. The first-order chi connectivity index (χ1) is 26.6. The van der Waals surface area contributed by atoms with E-state index >= 15 is 0 Å². The number of para-hydroxylation sites is 1. The maximum Gasteiger partial charge on any atom is 0.0588 e. The second-order valence-electron chi connectivity index (χ2n) is 15.6. The molecule has 0 amide bonds. The van der Waals surface area contributed by atoms with Gasteiger partial charge in [-0.3, -0.25) is 0 Å². The topological polar surface area (TPSA) is 4.93 Å². The zero-order chi connectivity index (χ0) is 35.7. The summed E-state index contributed by atoms with van der Waals surface area (Å²) >= 11 is 1.89. The molecule has 2 heteroatoms. The van der Waals surface area contributed by atoms with Crippen molar-refractivity contribution in [1.82, 2.24) is 4.57 Å². The fraction of sp³-hybridized carbons (Fsp3) is 0.0769. The van der Waals surface area contributed by atoms with Crippen molar-refractivity contribution in [3.63, 3.8) is 0 Å². The maximum atomic E-state index is 2.57. The monoisotopic (exact) mass is 705 g/mol. The summed E-state index contributed by atoms with van der Waals surface area (Å²) in [7, 11) is 0. The summed E-state index contributed by atoms with van der Waals surface area (Å²) in [6, 6.07) is 63.9. The zero-order valence-corrected chi connectivity index (χ0v) is 30.9. The van der Waals surface area contributed by atoms with Gasteiger partial charge in [0.05, 0.1) is 11.0 Å². The summed E-state index contributed by atoms with van der Waals surface area (Å²) in [6.07, 6.45) is 0. The maximum absolute atomic E-state index is 2.57. The standard InChI is InChI=1S/C52H35NS/c1-52(2)45-30-43-36-19-6-4-17-34(36)33-16-3-5-18-35(33)42(43)29-44(45)38-26-27-39-37-20-7-10-23-46(37)53(51(39)50(38)52)32-15-13-14-31(28-32)49-40-21-8-11-24-47(40)54-48-25-12-9-22-41(48)49/h3-30,49H,1-2H3. The van der Waals surface area contributed by atoms with Gasteiger partial charge in [0.15, 0.2) is 0 Å². The number of hydrogen-bond donors (Lipinski definition) is 0. The van der Waals surface area contributed by atoms with E-state index in [9.17, 15) is 0 Å². The molecule has 1 aliphatic heterocycles. The highest BCUT2D eigenvalue weighted by Gasteiger charge is 2.39. The van der Waals surface area contributed by atoms with Crippen LogP contribution in [0.3, 0.4) is 0 Å². The van der Waals surface area contributed by atoms with Crippen LogP contribution >= 0.6 is 11.8 Å². The molecule has 2 heterocycles. The van der Waals surface area contributed by atoms with Crippen LogP contribution in [0.2, 0.25) is 0 Å². The molecule has 54 heavy (non-hydrogen) atoms. The van der Waals surface area contributed by atoms with Gasteiger partial charge in [0, 0.05) is 37.6 Å². The number of fused-ring (bicyclic) bond motifs is 15. The molecule has 0 bridgehead atoms. The molecule has 0 atom stereocenters. The molecule has 9 aromatic carbocycles. The van der Waals surface area contributed by atoms with E-state index in [1.54, 1.807) is 0 Å². The van der Waals surface area contributed by atoms with E-state index in [4.69, 9.17) is 0 Å². The van der Waals surface area contributed by atoms with Crippen molar-refractivity contribution in [3.8, 4) is 16.8 Å². The lowest BCUT2D eigenvalue weighted by Gasteiger charge is -2.29. The average molecular weight is 706 g/mol. The Balaban J connectivity index is 1.14. The molecule has 0 fully saturated rings. The van der Waals surface area contributed by atoms with Gasteiger partial charge in [-0.05, 0) is 114 Å². The largest absolute Gasteiger partial charge is 0.309 e. The van der Waals surface area contributed by atoms with E-state index < -0.39 is 0 Å². The highest BCUT2D eigenvalue weighted by molar-refractivity contribution is 7.99. The third-order valence-electron chi connectivity index (χ3n) is 12.4. The summed E-state index contributed by atoms with van der Waals surface area (Å²) in [4.78, 5) is 2.68. The van der Waals surface area contributed by atoms with Crippen LogP contribution in [0.5, 0.6) is 0 Å². The Morgan fingerprint density at radius 1 is 0.463 bits per heavy atom. The van der Waals surface area contributed by atoms with E-state index in [1.165, 1.54) is 109 Å². The van der Waals surface area contributed by atoms with Gasteiger partial charge in [0.1, 0.15) is 0 Å². The molecule has 0 spiro atoms. The third kappa shape index (κ3) is 4.01. The summed E-state index contributed by atoms with van der Waals surface area (Å²) < 4.78 is 2.57.